The SMILES string of the molecule is CCC(C(=O)NCCC(C)C)n1c2ccccc2c2ccc(OC)cc21. The maximum absolute atomic E-state index is 12.9. The van der Waals surface area contributed by atoms with Gasteiger partial charge in [-0.05, 0) is 37.0 Å². The lowest BCUT2D eigenvalue weighted by Gasteiger charge is -2.20. The van der Waals surface area contributed by atoms with E-state index in [2.05, 4.69) is 48.9 Å². The molecule has 0 saturated heterocycles. The van der Waals surface area contributed by atoms with E-state index >= 15 is 0 Å². The second-order valence-electron chi connectivity index (χ2n) is 7.17. The fraction of sp³-hybridized carbons (Fsp3) is 0.409. The average Bonchev–Trinajstić information content (AvgIpc) is 2.96. The van der Waals surface area contributed by atoms with Gasteiger partial charge < -0.3 is 14.6 Å². The van der Waals surface area contributed by atoms with Gasteiger partial charge in [0.2, 0.25) is 5.91 Å². The van der Waals surface area contributed by atoms with Gasteiger partial charge in [-0.25, -0.2) is 0 Å². The number of nitrogens with one attached hydrogen (secondary N) is 1. The summed E-state index contributed by atoms with van der Waals surface area (Å²) in [7, 11) is 1.67. The van der Waals surface area contributed by atoms with Gasteiger partial charge in [-0.2, -0.15) is 0 Å². The Hall–Kier alpha value is -2.49. The van der Waals surface area contributed by atoms with Crippen LogP contribution in [0.3, 0.4) is 0 Å². The number of benzene rings is 2. The molecule has 1 heterocycles. The fourth-order valence-electron chi connectivity index (χ4n) is 3.53. The van der Waals surface area contributed by atoms with Crippen LogP contribution in [-0.2, 0) is 4.79 Å². The molecule has 0 radical (unpaired) electrons. The van der Waals surface area contributed by atoms with Crippen molar-refractivity contribution in [1.29, 1.82) is 0 Å². The lowest BCUT2D eigenvalue weighted by molar-refractivity contribution is -0.124. The number of methoxy groups -OCH3 is 1. The number of fused-ring (bicyclic) bond motifs is 3. The summed E-state index contributed by atoms with van der Waals surface area (Å²) >= 11 is 0. The Kier molecular flexibility index (Phi) is 5.50. The summed E-state index contributed by atoms with van der Waals surface area (Å²) in [6.45, 7) is 7.12. The number of rotatable bonds is 7. The van der Waals surface area contributed by atoms with Crippen molar-refractivity contribution in [2.45, 2.75) is 39.7 Å². The van der Waals surface area contributed by atoms with Gasteiger partial charge in [-0.3, -0.25) is 4.79 Å². The molecule has 4 nitrogen and oxygen atoms in total. The van der Waals surface area contributed by atoms with Crippen LogP contribution in [0.1, 0.15) is 39.7 Å². The second-order valence-corrected chi connectivity index (χ2v) is 7.17. The highest BCUT2D eigenvalue weighted by Crippen LogP contribution is 2.34. The summed E-state index contributed by atoms with van der Waals surface area (Å²) in [4.78, 5) is 12.9. The van der Waals surface area contributed by atoms with Crippen LogP contribution in [0, 0.1) is 5.92 Å². The van der Waals surface area contributed by atoms with Gasteiger partial charge in [0.25, 0.3) is 0 Å². The molecular weight excluding hydrogens is 324 g/mol. The van der Waals surface area contributed by atoms with E-state index in [1.165, 1.54) is 5.39 Å². The van der Waals surface area contributed by atoms with Crippen molar-refractivity contribution in [3.63, 3.8) is 0 Å². The third-order valence-corrected chi connectivity index (χ3v) is 4.94. The molecule has 1 unspecified atom stereocenters. The number of ether oxygens (including phenoxy) is 1. The minimum Gasteiger partial charge on any atom is -0.497 e. The Bertz CT molecular complexity index is 911. The smallest absolute Gasteiger partial charge is 0.243 e. The van der Waals surface area contributed by atoms with E-state index in [0.717, 1.165) is 35.0 Å². The molecule has 0 saturated carbocycles. The number of carbonyl (C=O) groups excluding carboxylic acids is 1. The van der Waals surface area contributed by atoms with Crippen LogP contribution < -0.4 is 10.1 Å². The zero-order valence-corrected chi connectivity index (χ0v) is 16.1. The standard InChI is InChI=1S/C22H28N2O2/c1-5-19(22(25)23-13-12-15(2)3)24-20-9-7-6-8-17(20)18-11-10-16(26-4)14-21(18)24/h6-11,14-15,19H,5,12-13H2,1-4H3,(H,23,25). The van der Waals surface area contributed by atoms with Crippen LogP contribution in [-0.4, -0.2) is 24.1 Å². The number of carbonyl (C=O) groups is 1. The lowest BCUT2D eigenvalue weighted by atomic mass is 10.1. The number of nitrogens with zero attached hydrogens (tertiary/aromatic N) is 1. The first-order valence-electron chi connectivity index (χ1n) is 9.41. The van der Waals surface area contributed by atoms with Crippen LogP contribution >= 0.6 is 0 Å². The van der Waals surface area contributed by atoms with Crippen LogP contribution in [0.5, 0.6) is 5.75 Å². The van der Waals surface area contributed by atoms with E-state index in [1.54, 1.807) is 7.11 Å². The Morgan fingerprint density at radius 1 is 1.12 bits per heavy atom. The summed E-state index contributed by atoms with van der Waals surface area (Å²) in [6, 6.07) is 14.1. The van der Waals surface area contributed by atoms with Crippen LogP contribution in [0.15, 0.2) is 42.5 Å². The molecule has 138 valence electrons. The van der Waals surface area contributed by atoms with Gasteiger partial charge in [0.15, 0.2) is 0 Å². The first-order chi connectivity index (χ1) is 12.6. The van der Waals surface area contributed by atoms with E-state index in [0.29, 0.717) is 12.5 Å². The minimum absolute atomic E-state index is 0.0821. The van der Waals surface area contributed by atoms with Gasteiger partial charge in [0.05, 0.1) is 12.6 Å². The van der Waals surface area contributed by atoms with Crippen LogP contribution in [0.25, 0.3) is 21.8 Å². The van der Waals surface area contributed by atoms with Gasteiger partial charge in [-0.15, -0.1) is 0 Å². The highest BCUT2D eigenvalue weighted by atomic mass is 16.5. The maximum Gasteiger partial charge on any atom is 0.243 e. The molecule has 1 atom stereocenters. The number of amides is 1. The zero-order valence-electron chi connectivity index (χ0n) is 16.1. The average molecular weight is 352 g/mol. The maximum atomic E-state index is 12.9. The Labute approximate surface area is 155 Å². The molecule has 0 aliphatic rings. The predicted molar refractivity (Wildman–Crippen MR) is 108 cm³/mol. The Balaban J connectivity index is 2.09. The van der Waals surface area contributed by atoms with Crippen molar-refractivity contribution in [3.05, 3.63) is 42.5 Å². The molecule has 0 bridgehead atoms. The van der Waals surface area contributed by atoms with Gasteiger partial charge in [0, 0.05) is 28.9 Å². The molecule has 0 fully saturated rings. The molecule has 3 aromatic rings. The molecule has 0 aliphatic carbocycles. The summed E-state index contributed by atoms with van der Waals surface area (Å²) in [6.07, 6.45) is 1.72. The zero-order chi connectivity index (χ0) is 18.7. The monoisotopic (exact) mass is 352 g/mol. The highest BCUT2D eigenvalue weighted by Gasteiger charge is 2.23. The largest absolute Gasteiger partial charge is 0.497 e. The van der Waals surface area contributed by atoms with Crippen molar-refractivity contribution < 1.29 is 9.53 Å². The molecule has 3 rings (SSSR count). The summed E-state index contributed by atoms with van der Waals surface area (Å²) in [5.41, 5.74) is 2.12. The minimum atomic E-state index is -0.239. The van der Waals surface area contributed by atoms with Crippen molar-refractivity contribution in [2.24, 2.45) is 5.92 Å². The van der Waals surface area contributed by atoms with Crippen molar-refractivity contribution in [2.75, 3.05) is 13.7 Å². The summed E-state index contributed by atoms with van der Waals surface area (Å²) in [5, 5.41) is 5.43. The number of hydrogen-bond acceptors (Lipinski definition) is 2. The van der Waals surface area contributed by atoms with Crippen molar-refractivity contribution in [1.82, 2.24) is 9.88 Å². The van der Waals surface area contributed by atoms with Crippen molar-refractivity contribution >= 4 is 27.7 Å². The van der Waals surface area contributed by atoms with E-state index in [1.807, 2.05) is 24.3 Å². The van der Waals surface area contributed by atoms with Gasteiger partial charge in [-0.1, -0.05) is 39.0 Å². The molecule has 1 aromatic heterocycles. The molecular formula is C22H28N2O2. The molecule has 2 aromatic carbocycles. The van der Waals surface area contributed by atoms with Crippen LogP contribution in [0.4, 0.5) is 0 Å². The van der Waals surface area contributed by atoms with Crippen molar-refractivity contribution in [3.8, 4) is 5.75 Å². The Morgan fingerprint density at radius 3 is 2.54 bits per heavy atom. The summed E-state index contributed by atoms with van der Waals surface area (Å²) in [5.74, 6) is 1.46. The number of para-hydroxylation sites is 1. The highest BCUT2D eigenvalue weighted by molar-refractivity contribution is 6.09. The fourth-order valence-corrected chi connectivity index (χ4v) is 3.53. The van der Waals surface area contributed by atoms with E-state index in [9.17, 15) is 4.79 Å². The summed E-state index contributed by atoms with van der Waals surface area (Å²) < 4.78 is 7.59. The first kappa shape index (κ1) is 18.3. The topological polar surface area (TPSA) is 43.3 Å². The molecule has 1 amide bonds. The molecule has 4 heteroatoms. The second kappa shape index (κ2) is 7.81. The lowest BCUT2D eigenvalue weighted by Crippen LogP contribution is -2.33. The van der Waals surface area contributed by atoms with Gasteiger partial charge in [0.1, 0.15) is 11.8 Å². The first-order valence-corrected chi connectivity index (χ1v) is 9.41. The van der Waals surface area contributed by atoms with Crippen LogP contribution in [0.2, 0.25) is 0 Å². The normalized spacial score (nSPS) is 12.7. The number of hydrogen-bond donors (Lipinski definition) is 1. The number of aromatic nitrogens is 1. The third-order valence-electron chi connectivity index (χ3n) is 4.94. The van der Waals surface area contributed by atoms with Gasteiger partial charge >= 0.3 is 0 Å². The predicted octanol–water partition coefficient (Wildman–Crippen LogP) is 4.92. The van der Waals surface area contributed by atoms with E-state index in [-0.39, 0.29) is 11.9 Å². The molecule has 0 aliphatic heterocycles. The quantitative estimate of drug-likeness (QED) is 0.656. The van der Waals surface area contributed by atoms with E-state index < -0.39 is 0 Å². The molecule has 0 spiro atoms. The molecule has 1 N–H and O–H groups in total. The Morgan fingerprint density at radius 2 is 1.85 bits per heavy atom. The van der Waals surface area contributed by atoms with E-state index in [4.69, 9.17) is 4.74 Å². The third kappa shape index (κ3) is 3.41. The molecule has 26 heavy (non-hydrogen) atoms.